The van der Waals surface area contributed by atoms with Gasteiger partial charge in [0.2, 0.25) is 0 Å². The summed E-state index contributed by atoms with van der Waals surface area (Å²) in [5.41, 5.74) is 3.07. The molecule has 30 heavy (non-hydrogen) atoms. The lowest BCUT2D eigenvalue weighted by atomic mass is 10.1. The van der Waals surface area contributed by atoms with Gasteiger partial charge in [-0.15, -0.1) is 11.3 Å². The number of hydrogen-bond donors (Lipinski definition) is 3. The number of carbonyl (C=O) groups excluding carboxylic acids is 1. The van der Waals surface area contributed by atoms with Crippen LogP contribution in [0.1, 0.15) is 26.2 Å². The van der Waals surface area contributed by atoms with Crippen molar-refractivity contribution in [3.8, 4) is 0 Å². The summed E-state index contributed by atoms with van der Waals surface area (Å²) in [5, 5.41) is 10.6. The van der Waals surface area contributed by atoms with Gasteiger partial charge in [-0.1, -0.05) is 11.6 Å². The maximum absolute atomic E-state index is 13.1. The highest BCUT2D eigenvalue weighted by Crippen LogP contribution is 2.34. The molecule has 0 fully saturated rings. The summed E-state index contributed by atoms with van der Waals surface area (Å²) in [4.78, 5) is 17.2. The normalized spacial score (nSPS) is 21.7. The zero-order valence-corrected chi connectivity index (χ0v) is 18.9. The van der Waals surface area contributed by atoms with Gasteiger partial charge in [0.25, 0.3) is 5.91 Å². The molecule has 1 aromatic carbocycles. The first kappa shape index (κ1) is 21.4. The van der Waals surface area contributed by atoms with Crippen molar-refractivity contribution in [2.24, 2.45) is 0 Å². The van der Waals surface area contributed by atoms with Gasteiger partial charge < -0.3 is 30.3 Å². The minimum absolute atomic E-state index is 0.00812. The monoisotopic (exact) mass is 450 g/mol. The number of halogens is 1. The minimum Gasteiger partial charge on any atom is -0.382 e. The second-order valence-electron chi connectivity index (χ2n) is 7.73. The Labute approximate surface area is 185 Å². The minimum atomic E-state index is -0.264. The van der Waals surface area contributed by atoms with Gasteiger partial charge in [0.15, 0.2) is 0 Å². The van der Waals surface area contributed by atoms with E-state index in [0.717, 1.165) is 35.8 Å². The fourth-order valence-corrected chi connectivity index (χ4v) is 5.30. The van der Waals surface area contributed by atoms with E-state index in [1.165, 1.54) is 16.9 Å². The summed E-state index contributed by atoms with van der Waals surface area (Å²) in [6.45, 7) is 2.15. The number of thiophene rings is 1. The third-order valence-electron chi connectivity index (χ3n) is 5.55. The number of nitrogens with one attached hydrogen (secondary N) is 3. The number of anilines is 2. The molecule has 4 rings (SSSR count). The van der Waals surface area contributed by atoms with Crippen molar-refractivity contribution in [2.45, 2.75) is 24.7 Å². The molecule has 9 heteroatoms. The number of rotatable bonds is 6. The summed E-state index contributed by atoms with van der Waals surface area (Å²) < 4.78 is 11.1. The molecule has 0 saturated heterocycles. The van der Waals surface area contributed by atoms with Crippen molar-refractivity contribution in [3.63, 3.8) is 0 Å². The lowest BCUT2D eigenvalue weighted by molar-refractivity contribution is 0.0786. The number of nitrogens with zero attached hydrogens (tertiary/aromatic N) is 1. The van der Waals surface area contributed by atoms with E-state index >= 15 is 0 Å². The van der Waals surface area contributed by atoms with Crippen LogP contribution in [0, 0.1) is 0 Å². The molecular weight excluding hydrogens is 424 g/mol. The molecule has 1 amide bonds. The van der Waals surface area contributed by atoms with E-state index in [0.29, 0.717) is 16.5 Å². The summed E-state index contributed by atoms with van der Waals surface area (Å²) in [5.74, 6) is -0.101. The number of benzene rings is 1. The van der Waals surface area contributed by atoms with Crippen LogP contribution in [0.5, 0.6) is 0 Å². The molecule has 1 aromatic heterocycles. The number of amides is 1. The molecule has 2 aliphatic heterocycles. The standard InChI is InChI=1S/C21H27ClN4O3S/c1-26-7-6-12-8-18(30-19(12)17(10-26)29-3)21(27)25-16(11-28-2)20-23-14-5-4-13(22)9-15(14)24-20/h4-5,8-9,16-17,20,23-24H,6-7,10-11H2,1-3H3,(H,25,27)/t16-,17?,20?/m0/s1. The Bertz CT molecular complexity index is 922. The van der Waals surface area contributed by atoms with E-state index < -0.39 is 0 Å². The second kappa shape index (κ2) is 9.11. The van der Waals surface area contributed by atoms with Crippen molar-refractivity contribution in [1.29, 1.82) is 0 Å². The molecule has 2 aromatic rings. The van der Waals surface area contributed by atoms with Crippen LogP contribution in [0.25, 0.3) is 0 Å². The van der Waals surface area contributed by atoms with Gasteiger partial charge in [0.05, 0.1) is 28.9 Å². The third kappa shape index (κ3) is 4.43. The Morgan fingerprint density at radius 2 is 2.13 bits per heavy atom. The van der Waals surface area contributed by atoms with Crippen LogP contribution >= 0.6 is 22.9 Å². The predicted octanol–water partition coefficient (Wildman–Crippen LogP) is 3.19. The van der Waals surface area contributed by atoms with E-state index in [1.807, 2.05) is 24.3 Å². The van der Waals surface area contributed by atoms with E-state index in [4.69, 9.17) is 21.1 Å². The van der Waals surface area contributed by atoms with Crippen LogP contribution < -0.4 is 16.0 Å². The van der Waals surface area contributed by atoms with Crippen LogP contribution in [-0.2, 0) is 15.9 Å². The lowest BCUT2D eigenvalue weighted by Crippen LogP contribution is -2.51. The van der Waals surface area contributed by atoms with Gasteiger partial charge in [-0.05, 0) is 43.3 Å². The van der Waals surface area contributed by atoms with Crippen molar-refractivity contribution in [1.82, 2.24) is 10.2 Å². The highest BCUT2D eigenvalue weighted by molar-refractivity contribution is 7.14. The van der Waals surface area contributed by atoms with Crippen molar-refractivity contribution >= 4 is 40.2 Å². The summed E-state index contributed by atoms with van der Waals surface area (Å²) >= 11 is 7.62. The molecule has 3 atom stereocenters. The molecule has 3 N–H and O–H groups in total. The number of fused-ring (bicyclic) bond motifs is 2. The molecule has 0 radical (unpaired) electrons. The Morgan fingerprint density at radius 3 is 2.90 bits per heavy atom. The topological polar surface area (TPSA) is 74.9 Å². The average Bonchev–Trinajstić information content (AvgIpc) is 3.30. The molecule has 0 aliphatic carbocycles. The smallest absolute Gasteiger partial charge is 0.261 e. The summed E-state index contributed by atoms with van der Waals surface area (Å²) in [6, 6.07) is 7.38. The van der Waals surface area contributed by atoms with Crippen LogP contribution in [0.4, 0.5) is 11.4 Å². The lowest BCUT2D eigenvalue weighted by Gasteiger charge is -2.25. The fraction of sp³-hybridized carbons (Fsp3) is 0.476. The molecule has 2 unspecified atom stereocenters. The molecule has 7 nitrogen and oxygen atoms in total. The van der Waals surface area contributed by atoms with Crippen molar-refractivity contribution < 1.29 is 14.3 Å². The average molecular weight is 451 g/mol. The van der Waals surface area contributed by atoms with Gasteiger partial charge in [-0.25, -0.2) is 0 Å². The van der Waals surface area contributed by atoms with E-state index in [1.54, 1.807) is 14.2 Å². The maximum atomic E-state index is 13.1. The first-order chi connectivity index (χ1) is 14.5. The number of likely N-dealkylation sites (N-methyl/N-ethyl adjacent to an activating group) is 1. The van der Waals surface area contributed by atoms with Gasteiger partial charge in [-0.2, -0.15) is 0 Å². The fourth-order valence-electron chi connectivity index (χ4n) is 3.95. The van der Waals surface area contributed by atoms with Gasteiger partial charge >= 0.3 is 0 Å². The highest BCUT2D eigenvalue weighted by atomic mass is 35.5. The molecular formula is C21H27ClN4O3S. The van der Waals surface area contributed by atoms with Gasteiger partial charge in [0.1, 0.15) is 12.3 Å². The van der Waals surface area contributed by atoms with E-state index in [9.17, 15) is 4.79 Å². The first-order valence-corrected chi connectivity index (χ1v) is 11.1. The maximum Gasteiger partial charge on any atom is 0.261 e. The van der Waals surface area contributed by atoms with E-state index in [2.05, 4.69) is 27.9 Å². The number of methoxy groups -OCH3 is 2. The molecule has 162 valence electrons. The third-order valence-corrected chi connectivity index (χ3v) is 7.05. The van der Waals surface area contributed by atoms with Crippen molar-refractivity contribution in [3.05, 3.63) is 44.6 Å². The van der Waals surface area contributed by atoms with Crippen LogP contribution in [0.2, 0.25) is 5.02 Å². The van der Waals surface area contributed by atoms with E-state index in [-0.39, 0.29) is 24.2 Å². The molecule has 0 bridgehead atoms. The largest absolute Gasteiger partial charge is 0.382 e. The Morgan fingerprint density at radius 1 is 1.33 bits per heavy atom. The summed E-state index contributed by atoms with van der Waals surface area (Å²) in [6.07, 6.45) is 0.713. The second-order valence-corrected chi connectivity index (χ2v) is 9.25. The van der Waals surface area contributed by atoms with Gasteiger partial charge in [0, 0.05) is 37.2 Å². The number of carbonyl (C=O) groups is 1. The van der Waals surface area contributed by atoms with Crippen LogP contribution in [-0.4, -0.2) is 64.0 Å². The van der Waals surface area contributed by atoms with Gasteiger partial charge in [-0.3, -0.25) is 4.79 Å². The molecule has 0 saturated carbocycles. The molecule has 2 aliphatic rings. The number of hydrogen-bond acceptors (Lipinski definition) is 7. The zero-order valence-electron chi connectivity index (χ0n) is 17.3. The Hall–Kier alpha value is -1.84. The summed E-state index contributed by atoms with van der Waals surface area (Å²) in [7, 11) is 5.45. The van der Waals surface area contributed by atoms with Crippen LogP contribution in [0.3, 0.4) is 0 Å². The quantitative estimate of drug-likeness (QED) is 0.627. The zero-order chi connectivity index (χ0) is 21.3. The molecule has 3 heterocycles. The highest BCUT2D eigenvalue weighted by Gasteiger charge is 2.31. The van der Waals surface area contributed by atoms with Crippen molar-refractivity contribution in [2.75, 3.05) is 51.6 Å². The molecule has 0 spiro atoms. The SMILES string of the molecule is COC[C@H](NC(=O)c1cc2c(s1)C(OC)CN(C)CC2)C1Nc2ccc(Cl)cc2N1. The first-order valence-electron chi connectivity index (χ1n) is 9.95. The predicted molar refractivity (Wildman–Crippen MR) is 121 cm³/mol. The number of ether oxygens (including phenoxy) is 2. The Balaban J connectivity index is 1.49. The Kier molecular flexibility index (Phi) is 6.50. The van der Waals surface area contributed by atoms with Crippen LogP contribution in [0.15, 0.2) is 24.3 Å².